The van der Waals surface area contributed by atoms with Crippen LogP contribution in [0.5, 0.6) is 0 Å². The van der Waals surface area contributed by atoms with Gasteiger partial charge < -0.3 is 10.5 Å². The maximum atomic E-state index is 13.0. The number of ether oxygens (including phenoxy) is 1. The lowest BCUT2D eigenvalue weighted by atomic mass is 9.96. The summed E-state index contributed by atoms with van der Waals surface area (Å²) in [4.78, 5) is 14.8. The maximum absolute atomic E-state index is 13.0. The van der Waals surface area contributed by atoms with Crippen LogP contribution in [0.15, 0.2) is 66.7 Å². The number of anilines is 1. The molecule has 0 fully saturated rings. The Morgan fingerprint density at radius 1 is 0.966 bits per heavy atom. The van der Waals surface area contributed by atoms with E-state index < -0.39 is 0 Å². The van der Waals surface area contributed by atoms with Crippen molar-refractivity contribution in [3.05, 3.63) is 89.0 Å². The molecule has 0 radical (unpaired) electrons. The van der Waals surface area contributed by atoms with Crippen LogP contribution in [0, 0.1) is 0 Å². The van der Waals surface area contributed by atoms with Crippen LogP contribution in [0.3, 0.4) is 0 Å². The second-order valence-corrected chi connectivity index (χ2v) is 7.68. The minimum atomic E-state index is -0.276. The number of amides is 1. The Morgan fingerprint density at radius 2 is 1.66 bits per heavy atom. The van der Waals surface area contributed by atoms with Gasteiger partial charge in [-0.05, 0) is 52.3 Å². The van der Waals surface area contributed by atoms with E-state index in [0.29, 0.717) is 19.7 Å². The van der Waals surface area contributed by atoms with Crippen molar-refractivity contribution in [2.45, 2.75) is 25.3 Å². The van der Waals surface area contributed by atoms with Crippen molar-refractivity contribution in [1.29, 1.82) is 0 Å². The van der Waals surface area contributed by atoms with Gasteiger partial charge in [-0.15, -0.1) is 0 Å². The molecule has 2 N–H and O–H groups in total. The number of carbonyl (C=O) groups is 1. The number of hydrogen-bond donors (Lipinski definition) is 1. The fourth-order valence-corrected chi connectivity index (χ4v) is 4.75. The van der Waals surface area contributed by atoms with Crippen LogP contribution < -0.4 is 10.6 Å². The molecule has 0 saturated heterocycles. The Labute approximate surface area is 170 Å². The number of rotatable bonds is 3. The first-order valence-corrected chi connectivity index (χ1v) is 10.2. The van der Waals surface area contributed by atoms with Gasteiger partial charge in [0.05, 0.1) is 5.69 Å². The second-order valence-electron chi connectivity index (χ2n) is 7.68. The summed E-state index contributed by atoms with van der Waals surface area (Å²) in [5, 5.41) is 0. The second kappa shape index (κ2) is 7.37. The molecule has 4 heteroatoms. The third-order valence-corrected chi connectivity index (χ3v) is 6.12. The van der Waals surface area contributed by atoms with E-state index in [2.05, 4.69) is 48.5 Å². The van der Waals surface area contributed by atoms with Gasteiger partial charge in [0.25, 0.3) is 0 Å². The monoisotopic (exact) mass is 384 g/mol. The molecule has 29 heavy (non-hydrogen) atoms. The van der Waals surface area contributed by atoms with E-state index in [1.807, 2.05) is 18.2 Å². The number of nitrogens with zero attached hydrogens (tertiary/aromatic N) is 1. The molecule has 0 bridgehead atoms. The van der Waals surface area contributed by atoms with Gasteiger partial charge in [0.1, 0.15) is 6.61 Å². The first-order chi connectivity index (χ1) is 14.3. The van der Waals surface area contributed by atoms with Gasteiger partial charge >= 0.3 is 6.09 Å². The Bertz CT molecular complexity index is 1030. The van der Waals surface area contributed by atoms with Crippen molar-refractivity contribution in [3.8, 4) is 11.1 Å². The maximum Gasteiger partial charge on any atom is 0.414 e. The molecule has 1 heterocycles. The Kier molecular flexibility index (Phi) is 4.57. The summed E-state index contributed by atoms with van der Waals surface area (Å²) >= 11 is 0. The summed E-state index contributed by atoms with van der Waals surface area (Å²) in [6.45, 7) is 1.51. The Hall–Kier alpha value is -3.11. The topological polar surface area (TPSA) is 55.6 Å². The van der Waals surface area contributed by atoms with Gasteiger partial charge in [-0.3, -0.25) is 4.90 Å². The highest BCUT2D eigenvalue weighted by molar-refractivity contribution is 5.89. The molecule has 4 nitrogen and oxygen atoms in total. The van der Waals surface area contributed by atoms with Crippen LogP contribution in [-0.4, -0.2) is 19.2 Å². The van der Waals surface area contributed by atoms with Crippen LogP contribution in [0.25, 0.3) is 11.1 Å². The van der Waals surface area contributed by atoms with E-state index in [1.54, 1.807) is 4.90 Å². The van der Waals surface area contributed by atoms with Crippen molar-refractivity contribution >= 4 is 11.8 Å². The average molecular weight is 384 g/mol. The summed E-state index contributed by atoms with van der Waals surface area (Å²) in [5.74, 6) is 0.0750. The lowest BCUT2D eigenvalue weighted by Gasteiger charge is -2.30. The lowest BCUT2D eigenvalue weighted by Crippen LogP contribution is -2.37. The van der Waals surface area contributed by atoms with Crippen molar-refractivity contribution in [2.24, 2.45) is 5.73 Å². The summed E-state index contributed by atoms with van der Waals surface area (Å²) < 4.78 is 5.87. The minimum Gasteiger partial charge on any atom is -0.448 e. The highest BCUT2D eigenvalue weighted by Crippen LogP contribution is 2.44. The molecular weight excluding hydrogens is 360 g/mol. The van der Waals surface area contributed by atoms with Crippen molar-refractivity contribution in [1.82, 2.24) is 0 Å². The minimum absolute atomic E-state index is 0.0750. The molecular formula is C25H24N2O2. The smallest absolute Gasteiger partial charge is 0.414 e. The highest BCUT2D eigenvalue weighted by Gasteiger charge is 2.31. The molecule has 0 unspecified atom stereocenters. The van der Waals surface area contributed by atoms with Gasteiger partial charge in [-0.25, -0.2) is 4.79 Å². The van der Waals surface area contributed by atoms with Gasteiger partial charge in [-0.1, -0.05) is 60.7 Å². The normalized spacial score (nSPS) is 14.9. The molecule has 3 aromatic carbocycles. The van der Waals surface area contributed by atoms with Crippen molar-refractivity contribution in [3.63, 3.8) is 0 Å². The fraction of sp³-hybridized carbons (Fsp3) is 0.240. The zero-order chi connectivity index (χ0) is 19.8. The van der Waals surface area contributed by atoms with E-state index in [-0.39, 0.29) is 12.0 Å². The Balaban J connectivity index is 1.39. The molecule has 0 saturated carbocycles. The molecule has 0 aromatic heterocycles. The van der Waals surface area contributed by atoms with Crippen LogP contribution in [0.2, 0.25) is 0 Å². The predicted molar refractivity (Wildman–Crippen MR) is 115 cm³/mol. The number of nitrogens with two attached hydrogens (primary N) is 1. The third kappa shape index (κ3) is 3.00. The zero-order valence-corrected chi connectivity index (χ0v) is 16.3. The highest BCUT2D eigenvalue weighted by atomic mass is 16.6. The van der Waals surface area contributed by atoms with Crippen molar-refractivity contribution < 1.29 is 9.53 Å². The Morgan fingerprint density at radius 3 is 2.34 bits per heavy atom. The van der Waals surface area contributed by atoms with E-state index in [0.717, 1.165) is 24.1 Å². The van der Waals surface area contributed by atoms with Crippen LogP contribution in [-0.2, 0) is 17.7 Å². The number of hydrogen-bond acceptors (Lipinski definition) is 3. The molecule has 0 spiro atoms. The number of benzene rings is 3. The molecule has 0 atom stereocenters. The van der Waals surface area contributed by atoms with Crippen molar-refractivity contribution in [2.75, 3.05) is 18.1 Å². The van der Waals surface area contributed by atoms with Crippen LogP contribution in [0.1, 0.15) is 34.6 Å². The average Bonchev–Trinajstić information content (AvgIpc) is 3.10. The van der Waals surface area contributed by atoms with Crippen LogP contribution in [0.4, 0.5) is 10.5 Å². The standard InChI is InChI=1S/C25H24N2O2/c26-15-17-7-5-13-24-18(17)12-6-14-27(24)25(28)29-16-23-21-10-3-1-8-19(21)20-9-2-4-11-22(20)23/h1-5,7-11,13,23H,6,12,14-16,26H2. The molecule has 3 aromatic rings. The first-order valence-electron chi connectivity index (χ1n) is 10.2. The summed E-state index contributed by atoms with van der Waals surface area (Å²) in [5.41, 5.74) is 14.0. The summed E-state index contributed by atoms with van der Waals surface area (Å²) in [6.07, 6.45) is 1.60. The van der Waals surface area contributed by atoms with Gasteiger partial charge in [0.15, 0.2) is 0 Å². The first kappa shape index (κ1) is 18.0. The molecule has 146 valence electrons. The van der Waals surface area contributed by atoms with Crippen LogP contribution >= 0.6 is 0 Å². The summed E-state index contributed by atoms with van der Waals surface area (Å²) in [6, 6.07) is 22.8. The zero-order valence-electron chi connectivity index (χ0n) is 16.3. The molecule has 5 rings (SSSR count). The van der Waals surface area contributed by atoms with E-state index >= 15 is 0 Å². The van der Waals surface area contributed by atoms with Gasteiger partial charge in [0.2, 0.25) is 0 Å². The lowest BCUT2D eigenvalue weighted by molar-refractivity contribution is 0.150. The largest absolute Gasteiger partial charge is 0.448 e. The molecule has 2 aliphatic rings. The molecule has 1 aliphatic carbocycles. The van der Waals surface area contributed by atoms with E-state index in [1.165, 1.54) is 27.8 Å². The third-order valence-electron chi connectivity index (χ3n) is 6.12. The summed E-state index contributed by atoms with van der Waals surface area (Å²) in [7, 11) is 0. The fourth-order valence-electron chi connectivity index (χ4n) is 4.75. The molecule has 1 amide bonds. The van der Waals surface area contributed by atoms with E-state index in [4.69, 9.17) is 10.5 Å². The molecule has 1 aliphatic heterocycles. The number of fused-ring (bicyclic) bond motifs is 4. The number of carbonyl (C=O) groups excluding carboxylic acids is 1. The SMILES string of the molecule is NCc1cccc2c1CCCN2C(=O)OCC1c2ccccc2-c2ccccc21. The van der Waals surface area contributed by atoms with Gasteiger partial charge in [0, 0.05) is 19.0 Å². The van der Waals surface area contributed by atoms with E-state index in [9.17, 15) is 4.79 Å². The predicted octanol–water partition coefficient (Wildman–Crippen LogP) is 4.85. The quantitative estimate of drug-likeness (QED) is 0.702. The van der Waals surface area contributed by atoms with Gasteiger partial charge in [-0.2, -0.15) is 0 Å².